The van der Waals surface area contributed by atoms with Crippen LogP contribution in [0.1, 0.15) is 30.4 Å². The van der Waals surface area contributed by atoms with E-state index in [4.69, 9.17) is 19.9 Å². The molecule has 8 nitrogen and oxygen atoms in total. The Kier molecular flexibility index (Phi) is 11.9. The van der Waals surface area contributed by atoms with Crippen LogP contribution in [-0.4, -0.2) is 76.4 Å². The summed E-state index contributed by atoms with van der Waals surface area (Å²) in [6.07, 6.45) is 4.31. The lowest BCUT2D eigenvalue weighted by Crippen LogP contribution is -2.45. The first-order chi connectivity index (χ1) is 18.7. The standard InChI is InChI=1S/C24H29F2N3OS.C4H4O4/c1-28(24-27-23-6-3-2-5-19(23)17-31-24)20-9-12-29(13-10-20)11-4-14-30-16-18-7-8-21(25)22(26)15-18;5-3(6)1-2-4(7)8/h2-3,5-8,15,20H,4,9-14,16-17H2,1H3;1-2H,(H,5,6)(H,7,8)/b;2-1+. The second kappa shape index (κ2) is 15.3. The highest BCUT2D eigenvalue weighted by Gasteiger charge is 2.26. The summed E-state index contributed by atoms with van der Waals surface area (Å²) < 4.78 is 31.8. The summed E-state index contributed by atoms with van der Waals surface area (Å²) in [4.78, 5) is 28.8. The number of fused-ring (bicyclic) bond motifs is 1. The zero-order chi connectivity index (χ0) is 28.2. The van der Waals surface area contributed by atoms with Gasteiger partial charge < -0.3 is 24.7 Å². The van der Waals surface area contributed by atoms with E-state index >= 15 is 0 Å². The number of piperidine rings is 1. The van der Waals surface area contributed by atoms with Crippen molar-refractivity contribution in [2.75, 3.05) is 33.3 Å². The molecule has 0 spiro atoms. The molecule has 0 aromatic heterocycles. The molecule has 11 heteroatoms. The van der Waals surface area contributed by atoms with Crippen LogP contribution in [0.2, 0.25) is 0 Å². The average molecular weight is 562 g/mol. The molecule has 4 rings (SSSR count). The van der Waals surface area contributed by atoms with Crippen LogP contribution in [0, 0.1) is 11.6 Å². The van der Waals surface area contributed by atoms with Gasteiger partial charge in [0.15, 0.2) is 16.8 Å². The second-order valence-corrected chi connectivity index (χ2v) is 10.1. The van der Waals surface area contributed by atoms with E-state index in [9.17, 15) is 18.4 Å². The first kappa shape index (κ1) is 30.3. The van der Waals surface area contributed by atoms with E-state index < -0.39 is 23.6 Å². The van der Waals surface area contributed by atoms with Crippen LogP contribution in [0.3, 0.4) is 0 Å². The van der Waals surface area contributed by atoms with Crippen molar-refractivity contribution in [3.05, 3.63) is 77.4 Å². The number of thioether (sulfide) groups is 1. The van der Waals surface area contributed by atoms with Gasteiger partial charge in [-0.05, 0) is 48.6 Å². The predicted octanol–water partition coefficient (Wildman–Crippen LogP) is 4.91. The van der Waals surface area contributed by atoms with Crippen LogP contribution >= 0.6 is 11.8 Å². The number of carboxylic acid groups (broad SMARTS) is 2. The number of benzene rings is 2. The number of hydrogen-bond acceptors (Lipinski definition) is 7. The number of aliphatic imine (C=N–C) groups is 1. The average Bonchev–Trinajstić information content (AvgIpc) is 2.93. The SMILES string of the molecule is CN(C1=Nc2ccccc2CS1)C1CCN(CCCOCc2ccc(F)c(F)c2)CC1.O=C(O)/C=C/C(=O)O. The Morgan fingerprint density at radius 2 is 1.79 bits per heavy atom. The van der Waals surface area contributed by atoms with Crippen molar-refractivity contribution in [1.29, 1.82) is 0 Å². The molecule has 0 atom stereocenters. The molecule has 0 radical (unpaired) electrons. The third-order valence-electron chi connectivity index (χ3n) is 6.36. The van der Waals surface area contributed by atoms with E-state index in [-0.39, 0.29) is 0 Å². The highest BCUT2D eigenvalue weighted by Crippen LogP contribution is 2.32. The molecule has 2 aromatic rings. The first-order valence-electron chi connectivity index (χ1n) is 12.6. The van der Waals surface area contributed by atoms with Crippen LogP contribution in [-0.2, 0) is 26.7 Å². The number of hydrogen-bond donors (Lipinski definition) is 2. The van der Waals surface area contributed by atoms with Gasteiger partial charge in [-0.15, -0.1) is 0 Å². The molecule has 1 saturated heterocycles. The van der Waals surface area contributed by atoms with Gasteiger partial charge in [-0.3, -0.25) is 0 Å². The number of carboxylic acids is 2. The minimum absolute atomic E-state index is 0.312. The summed E-state index contributed by atoms with van der Waals surface area (Å²) in [6.45, 7) is 4.08. The Labute approximate surface area is 231 Å². The number of amidine groups is 1. The maximum Gasteiger partial charge on any atom is 0.328 e. The van der Waals surface area contributed by atoms with Gasteiger partial charge >= 0.3 is 11.9 Å². The third-order valence-corrected chi connectivity index (χ3v) is 7.45. The summed E-state index contributed by atoms with van der Waals surface area (Å²) in [5.74, 6) is -3.17. The molecule has 0 amide bonds. The topological polar surface area (TPSA) is 103 Å². The van der Waals surface area contributed by atoms with Gasteiger partial charge in [-0.25, -0.2) is 23.4 Å². The lowest BCUT2D eigenvalue weighted by molar-refractivity contribution is -0.134. The highest BCUT2D eigenvalue weighted by molar-refractivity contribution is 8.13. The molecule has 0 bridgehead atoms. The van der Waals surface area contributed by atoms with Crippen LogP contribution in [0.25, 0.3) is 0 Å². The van der Waals surface area contributed by atoms with Crippen molar-refractivity contribution in [2.24, 2.45) is 4.99 Å². The number of aliphatic carboxylic acids is 2. The maximum atomic E-state index is 13.2. The van der Waals surface area contributed by atoms with E-state index in [0.29, 0.717) is 37.0 Å². The number of ether oxygens (including phenoxy) is 1. The van der Waals surface area contributed by atoms with Gasteiger partial charge in [0.25, 0.3) is 0 Å². The summed E-state index contributed by atoms with van der Waals surface area (Å²) in [6, 6.07) is 12.8. The molecular weight excluding hydrogens is 528 g/mol. The van der Waals surface area contributed by atoms with E-state index in [2.05, 4.69) is 41.1 Å². The van der Waals surface area contributed by atoms with E-state index in [0.717, 1.165) is 61.6 Å². The van der Waals surface area contributed by atoms with Crippen LogP contribution in [0.4, 0.5) is 14.5 Å². The van der Waals surface area contributed by atoms with E-state index in [1.54, 1.807) is 6.07 Å². The van der Waals surface area contributed by atoms with Crippen molar-refractivity contribution >= 4 is 34.6 Å². The fourth-order valence-electron chi connectivity index (χ4n) is 4.24. The van der Waals surface area contributed by atoms with Crippen molar-refractivity contribution in [3.8, 4) is 0 Å². The lowest BCUT2D eigenvalue weighted by atomic mass is 10.0. The monoisotopic (exact) mass is 561 g/mol. The predicted molar refractivity (Wildman–Crippen MR) is 147 cm³/mol. The zero-order valence-electron chi connectivity index (χ0n) is 21.8. The number of halogens is 2. The molecule has 2 N–H and O–H groups in total. The fourth-order valence-corrected chi connectivity index (χ4v) is 5.28. The molecule has 0 unspecified atom stereocenters. The molecule has 2 aliphatic rings. The smallest absolute Gasteiger partial charge is 0.328 e. The van der Waals surface area contributed by atoms with Gasteiger partial charge in [0.2, 0.25) is 0 Å². The summed E-state index contributed by atoms with van der Waals surface area (Å²) in [5.41, 5.74) is 3.07. The van der Waals surface area contributed by atoms with Crippen molar-refractivity contribution in [1.82, 2.24) is 9.80 Å². The first-order valence-corrected chi connectivity index (χ1v) is 13.6. The molecule has 0 aliphatic carbocycles. The number of para-hydroxylation sites is 1. The number of likely N-dealkylation sites (tertiary alicyclic amines) is 1. The normalized spacial score (nSPS) is 15.7. The molecule has 0 saturated carbocycles. The summed E-state index contributed by atoms with van der Waals surface area (Å²) in [7, 11) is 2.17. The largest absolute Gasteiger partial charge is 0.478 e. The van der Waals surface area contributed by atoms with Crippen molar-refractivity contribution in [2.45, 2.75) is 37.7 Å². The van der Waals surface area contributed by atoms with Gasteiger partial charge in [0.05, 0.1) is 12.3 Å². The Balaban J connectivity index is 0.000000459. The molecule has 2 heterocycles. The number of rotatable bonds is 9. The maximum absolute atomic E-state index is 13.2. The molecule has 1 fully saturated rings. The van der Waals surface area contributed by atoms with E-state index in [1.807, 2.05) is 11.8 Å². The molecule has 2 aromatic carbocycles. The molecular formula is C28H33F2N3O5S. The Hall–Kier alpha value is -3.28. The Morgan fingerprint density at radius 3 is 2.46 bits per heavy atom. The third kappa shape index (κ3) is 10.1. The molecule has 210 valence electrons. The van der Waals surface area contributed by atoms with Gasteiger partial charge in [-0.2, -0.15) is 0 Å². The lowest BCUT2D eigenvalue weighted by Gasteiger charge is -2.38. The van der Waals surface area contributed by atoms with Gasteiger partial charge in [0.1, 0.15) is 0 Å². The number of nitrogens with zero attached hydrogens (tertiary/aromatic N) is 3. The van der Waals surface area contributed by atoms with E-state index in [1.165, 1.54) is 11.6 Å². The van der Waals surface area contributed by atoms with Crippen molar-refractivity contribution < 1.29 is 33.3 Å². The zero-order valence-corrected chi connectivity index (χ0v) is 22.6. The second-order valence-electron chi connectivity index (χ2n) is 9.16. The van der Waals surface area contributed by atoms with Crippen molar-refractivity contribution in [3.63, 3.8) is 0 Å². The van der Waals surface area contributed by atoms with Crippen LogP contribution in [0.15, 0.2) is 59.6 Å². The highest BCUT2D eigenvalue weighted by atomic mass is 32.2. The van der Waals surface area contributed by atoms with Gasteiger partial charge in [0, 0.05) is 57.2 Å². The number of carbonyl (C=O) groups is 2. The summed E-state index contributed by atoms with van der Waals surface area (Å²) in [5, 5.41) is 16.8. The Morgan fingerprint density at radius 1 is 1.10 bits per heavy atom. The molecule has 2 aliphatic heterocycles. The minimum Gasteiger partial charge on any atom is -0.478 e. The fraction of sp³-hybridized carbons (Fsp3) is 0.393. The summed E-state index contributed by atoms with van der Waals surface area (Å²) >= 11 is 1.83. The molecule has 39 heavy (non-hydrogen) atoms. The van der Waals surface area contributed by atoms with Crippen LogP contribution < -0.4 is 0 Å². The van der Waals surface area contributed by atoms with Crippen LogP contribution in [0.5, 0.6) is 0 Å². The van der Waals surface area contributed by atoms with Gasteiger partial charge in [-0.1, -0.05) is 36.0 Å². The quantitative estimate of drug-likeness (QED) is 0.329. The Bertz CT molecular complexity index is 1170. The minimum atomic E-state index is -1.26.